The minimum Gasteiger partial charge on any atom is -0.493 e. The number of benzene rings is 2. The van der Waals surface area contributed by atoms with Crippen molar-refractivity contribution in [1.82, 2.24) is 0 Å². The summed E-state index contributed by atoms with van der Waals surface area (Å²) in [6, 6.07) is 8.16. The first-order valence-corrected chi connectivity index (χ1v) is 10.4. The van der Waals surface area contributed by atoms with Gasteiger partial charge in [-0.25, -0.2) is 4.79 Å². The highest BCUT2D eigenvalue weighted by atomic mass is 16.6. The Hall–Kier alpha value is -3.68. The van der Waals surface area contributed by atoms with Crippen molar-refractivity contribution in [3.63, 3.8) is 0 Å². The molecule has 2 aromatic rings. The van der Waals surface area contributed by atoms with Crippen molar-refractivity contribution in [2.75, 3.05) is 34.5 Å². The largest absolute Gasteiger partial charge is 0.493 e. The Bertz CT molecular complexity index is 1050. The van der Waals surface area contributed by atoms with E-state index in [-0.39, 0.29) is 11.1 Å². The fraction of sp³-hybridized carbons (Fsp3) is 0.360. The Balaban J connectivity index is 2.09. The molecule has 8 nitrogen and oxygen atoms in total. The quantitative estimate of drug-likeness (QED) is 0.202. The van der Waals surface area contributed by atoms with E-state index in [0.717, 1.165) is 0 Å². The summed E-state index contributed by atoms with van der Waals surface area (Å²) in [5, 5.41) is 0. The molecule has 0 atom stereocenters. The molecule has 0 unspecified atom stereocenters. The van der Waals surface area contributed by atoms with E-state index in [1.165, 1.54) is 39.5 Å². The Kier molecular flexibility index (Phi) is 7.16. The smallest absolute Gasteiger partial charge is 0.342 e. The Morgan fingerprint density at radius 1 is 0.879 bits per heavy atom. The summed E-state index contributed by atoms with van der Waals surface area (Å²) in [4.78, 5) is 26.6. The molecule has 0 amide bonds. The average Bonchev–Trinajstić information content (AvgIpc) is 2.79. The zero-order valence-electron chi connectivity index (χ0n) is 19.6. The molecule has 1 heterocycles. The Morgan fingerprint density at radius 2 is 1.48 bits per heavy atom. The molecule has 0 spiro atoms. The van der Waals surface area contributed by atoms with Gasteiger partial charge in [-0.05, 0) is 56.7 Å². The molecule has 1 aliphatic rings. The lowest BCUT2D eigenvalue weighted by molar-refractivity contribution is -0.149. The van der Waals surface area contributed by atoms with Gasteiger partial charge in [0.1, 0.15) is 24.4 Å². The first-order valence-electron chi connectivity index (χ1n) is 10.4. The van der Waals surface area contributed by atoms with Crippen molar-refractivity contribution in [3.8, 4) is 28.7 Å². The van der Waals surface area contributed by atoms with Crippen LogP contribution in [-0.4, -0.2) is 51.9 Å². The molecule has 0 fully saturated rings. The van der Waals surface area contributed by atoms with E-state index in [0.29, 0.717) is 47.5 Å². The van der Waals surface area contributed by atoms with Crippen molar-refractivity contribution in [3.05, 3.63) is 47.0 Å². The lowest BCUT2D eigenvalue weighted by Gasteiger charge is -2.21. The van der Waals surface area contributed by atoms with Crippen LogP contribution in [0.5, 0.6) is 28.7 Å². The average molecular weight is 456 g/mol. The van der Waals surface area contributed by atoms with Gasteiger partial charge in [-0.2, -0.15) is 0 Å². The van der Waals surface area contributed by atoms with Crippen molar-refractivity contribution in [2.24, 2.45) is 0 Å². The molecule has 8 heteroatoms. The molecular formula is C25H28O8. The molecule has 3 rings (SSSR count). The summed E-state index contributed by atoms with van der Waals surface area (Å²) in [5.41, 5.74) is -0.186. The molecule has 176 valence electrons. The molecular weight excluding hydrogens is 428 g/mol. The Labute approximate surface area is 193 Å². The van der Waals surface area contributed by atoms with Crippen LogP contribution in [0.1, 0.15) is 36.7 Å². The number of ketones is 1. The lowest BCUT2D eigenvalue weighted by Crippen LogP contribution is -2.27. The van der Waals surface area contributed by atoms with Gasteiger partial charge in [0.05, 0.1) is 21.3 Å². The summed E-state index contributed by atoms with van der Waals surface area (Å²) < 4.78 is 32.7. The van der Waals surface area contributed by atoms with E-state index in [1.54, 1.807) is 39.0 Å². The molecule has 1 aliphatic heterocycles. The third-order valence-electron chi connectivity index (χ3n) is 4.67. The van der Waals surface area contributed by atoms with E-state index < -0.39 is 17.4 Å². The van der Waals surface area contributed by atoms with E-state index in [4.69, 9.17) is 28.4 Å². The highest BCUT2D eigenvalue weighted by Gasteiger charge is 2.28. The molecule has 0 aliphatic carbocycles. The first kappa shape index (κ1) is 24.0. The van der Waals surface area contributed by atoms with Gasteiger partial charge < -0.3 is 28.4 Å². The summed E-state index contributed by atoms with van der Waals surface area (Å²) in [6.07, 6.45) is 1.47. The molecule has 2 aromatic carbocycles. The zero-order chi connectivity index (χ0) is 24.2. The number of hydrogen-bond donors (Lipinski definition) is 0. The summed E-state index contributed by atoms with van der Waals surface area (Å²) >= 11 is 0. The molecule has 0 N–H and O–H groups in total. The molecule has 0 aromatic heterocycles. The van der Waals surface area contributed by atoms with Crippen LogP contribution >= 0.6 is 0 Å². The Morgan fingerprint density at radius 3 is 2.03 bits per heavy atom. The topological polar surface area (TPSA) is 89.5 Å². The minimum absolute atomic E-state index is 0.157. The third-order valence-corrected chi connectivity index (χ3v) is 4.67. The minimum atomic E-state index is -0.793. The predicted octanol–water partition coefficient (Wildman–Crippen LogP) is 4.09. The van der Waals surface area contributed by atoms with E-state index in [1.807, 2.05) is 0 Å². The van der Waals surface area contributed by atoms with Crippen LogP contribution in [0, 0.1) is 0 Å². The van der Waals surface area contributed by atoms with Gasteiger partial charge in [-0.15, -0.1) is 0 Å². The van der Waals surface area contributed by atoms with E-state index in [2.05, 4.69) is 0 Å². The van der Waals surface area contributed by atoms with Gasteiger partial charge in [-0.1, -0.05) is 6.07 Å². The van der Waals surface area contributed by atoms with Crippen LogP contribution in [0.25, 0.3) is 6.08 Å². The van der Waals surface area contributed by atoms with Gasteiger partial charge >= 0.3 is 5.97 Å². The number of rotatable bonds is 7. The maximum Gasteiger partial charge on any atom is 0.342 e. The van der Waals surface area contributed by atoms with Gasteiger partial charge in [0.25, 0.3) is 0 Å². The predicted molar refractivity (Wildman–Crippen MR) is 122 cm³/mol. The second kappa shape index (κ2) is 9.85. The van der Waals surface area contributed by atoms with Crippen LogP contribution in [-0.2, 0) is 9.53 Å². The van der Waals surface area contributed by atoms with Crippen molar-refractivity contribution < 1.29 is 38.0 Å². The SMILES string of the molecule is COc1cc(C(=O)/C(=C/c2ccc3c(c2)OCCO3)C(=O)OC(C)(C)C)cc(OC)c1OC. The monoisotopic (exact) mass is 456 g/mol. The van der Waals surface area contributed by atoms with Crippen molar-refractivity contribution in [2.45, 2.75) is 26.4 Å². The number of carbonyl (C=O) groups excluding carboxylic acids is 2. The van der Waals surface area contributed by atoms with E-state index >= 15 is 0 Å². The number of methoxy groups -OCH3 is 3. The van der Waals surface area contributed by atoms with Gasteiger partial charge in [0.2, 0.25) is 11.5 Å². The van der Waals surface area contributed by atoms with Gasteiger partial charge in [-0.3, -0.25) is 4.79 Å². The van der Waals surface area contributed by atoms with Crippen LogP contribution in [0.3, 0.4) is 0 Å². The van der Waals surface area contributed by atoms with Crippen LogP contribution < -0.4 is 23.7 Å². The third kappa shape index (κ3) is 5.58. The standard InChI is InChI=1S/C25H28O8/c1-25(2,3)33-24(27)17(11-15-7-8-18-19(12-15)32-10-9-31-18)22(26)16-13-20(28-4)23(30-6)21(14-16)29-5/h7-8,11-14H,9-10H2,1-6H3/b17-11-. The van der Waals surface area contributed by atoms with Crippen molar-refractivity contribution in [1.29, 1.82) is 0 Å². The molecule has 33 heavy (non-hydrogen) atoms. The lowest BCUT2D eigenvalue weighted by atomic mass is 9.99. The summed E-state index contributed by atoms with van der Waals surface area (Å²) in [6.45, 7) is 6.08. The van der Waals surface area contributed by atoms with Crippen LogP contribution in [0.4, 0.5) is 0 Å². The second-order valence-corrected chi connectivity index (χ2v) is 8.21. The maximum atomic E-state index is 13.5. The van der Waals surface area contributed by atoms with E-state index in [9.17, 15) is 9.59 Å². The van der Waals surface area contributed by atoms with Gasteiger partial charge in [0, 0.05) is 5.56 Å². The molecule has 0 bridgehead atoms. The summed E-state index contributed by atoms with van der Waals surface area (Å²) in [7, 11) is 4.37. The highest BCUT2D eigenvalue weighted by molar-refractivity contribution is 6.27. The number of esters is 1. The molecule has 0 radical (unpaired) electrons. The molecule has 0 saturated heterocycles. The number of fused-ring (bicyclic) bond motifs is 1. The fourth-order valence-electron chi connectivity index (χ4n) is 3.23. The maximum absolute atomic E-state index is 13.5. The van der Waals surface area contributed by atoms with Gasteiger partial charge in [0.15, 0.2) is 23.0 Å². The second-order valence-electron chi connectivity index (χ2n) is 8.21. The van der Waals surface area contributed by atoms with Crippen molar-refractivity contribution >= 4 is 17.8 Å². The zero-order valence-corrected chi connectivity index (χ0v) is 19.6. The number of ether oxygens (including phenoxy) is 6. The highest BCUT2D eigenvalue weighted by Crippen LogP contribution is 2.39. The summed E-state index contributed by atoms with van der Waals surface area (Å²) in [5.74, 6) is 0.763. The number of hydrogen-bond acceptors (Lipinski definition) is 8. The van der Waals surface area contributed by atoms with Crippen LogP contribution in [0.15, 0.2) is 35.9 Å². The fourth-order valence-corrected chi connectivity index (χ4v) is 3.23. The number of Topliss-reactive ketones (excluding diaryl/α,β-unsaturated/α-hetero) is 1. The van der Waals surface area contributed by atoms with Crippen LogP contribution in [0.2, 0.25) is 0 Å². The normalized spacial score (nSPS) is 13.2. The first-order chi connectivity index (χ1) is 15.7. The molecule has 0 saturated carbocycles. The number of carbonyl (C=O) groups is 2.